The van der Waals surface area contributed by atoms with E-state index in [1.165, 1.54) is 17.7 Å². The van der Waals surface area contributed by atoms with Crippen molar-refractivity contribution >= 4 is 11.6 Å². The van der Waals surface area contributed by atoms with Crippen LogP contribution in [0.3, 0.4) is 0 Å². The molecule has 0 saturated carbocycles. The summed E-state index contributed by atoms with van der Waals surface area (Å²) >= 11 is 0. The van der Waals surface area contributed by atoms with Crippen LogP contribution >= 0.6 is 0 Å². The van der Waals surface area contributed by atoms with Crippen LogP contribution in [0, 0.1) is 11.8 Å². The number of likely N-dealkylation sites (tertiary alicyclic amines) is 1. The smallest absolute Gasteiger partial charge is 0.253 e. The molecule has 1 aromatic carbocycles. The van der Waals surface area contributed by atoms with Crippen molar-refractivity contribution in [2.45, 2.75) is 26.7 Å². The normalized spacial score (nSPS) is 25.9. The summed E-state index contributed by atoms with van der Waals surface area (Å²) in [6.07, 6.45) is 2.27. The van der Waals surface area contributed by atoms with E-state index < -0.39 is 0 Å². The number of nitrogens with zero attached hydrogens (tertiary/aromatic N) is 1. The minimum Gasteiger partial charge on any atom is -0.384 e. The van der Waals surface area contributed by atoms with Gasteiger partial charge in [0.15, 0.2) is 0 Å². The molecule has 1 N–H and O–H groups in total. The fourth-order valence-electron chi connectivity index (χ4n) is 3.45. The van der Waals surface area contributed by atoms with E-state index in [2.05, 4.69) is 25.2 Å². The third kappa shape index (κ3) is 2.46. The van der Waals surface area contributed by atoms with Gasteiger partial charge in [-0.15, -0.1) is 0 Å². The molecule has 0 spiro atoms. The van der Waals surface area contributed by atoms with Crippen LogP contribution < -0.4 is 5.32 Å². The van der Waals surface area contributed by atoms with Crippen LogP contribution in [0.15, 0.2) is 18.2 Å². The summed E-state index contributed by atoms with van der Waals surface area (Å²) in [4.78, 5) is 14.6. The molecule has 2 aliphatic rings. The monoisotopic (exact) mass is 258 g/mol. The molecule has 19 heavy (non-hydrogen) atoms. The Balaban J connectivity index is 1.80. The van der Waals surface area contributed by atoms with Gasteiger partial charge in [0, 0.05) is 30.9 Å². The van der Waals surface area contributed by atoms with Crippen molar-refractivity contribution in [2.75, 3.05) is 25.0 Å². The third-order valence-electron chi connectivity index (χ3n) is 4.22. The molecule has 3 nitrogen and oxygen atoms in total. The largest absolute Gasteiger partial charge is 0.384 e. The molecule has 2 heterocycles. The number of amides is 1. The second-order valence-electron chi connectivity index (χ2n) is 6.20. The number of carbonyl (C=O) groups is 1. The highest BCUT2D eigenvalue weighted by atomic mass is 16.2. The Labute approximate surface area is 115 Å². The minimum absolute atomic E-state index is 0.202. The third-order valence-corrected chi connectivity index (χ3v) is 4.22. The molecule has 0 aromatic heterocycles. The first kappa shape index (κ1) is 12.5. The molecule has 2 atom stereocenters. The predicted molar refractivity (Wildman–Crippen MR) is 77.5 cm³/mol. The molecule has 1 saturated heterocycles. The summed E-state index contributed by atoms with van der Waals surface area (Å²) in [5.74, 6) is 1.43. The number of fused-ring (bicyclic) bond motifs is 1. The lowest BCUT2D eigenvalue weighted by Crippen LogP contribution is -2.42. The molecule has 0 aliphatic carbocycles. The molecule has 2 unspecified atom stereocenters. The van der Waals surface area contributed by atoms with Gasteiger partial charge in [-0.3, -0.25) is 4.79 Å². The van der Waals surface area contributed by atoms with Gasteiger partial charge in [-0.1, -0.05) is 13.8 Å². The maximum absolute atomic E-state index is 12.6. The number of rotatable bonds is 1. The molecule has 0 radical (unpaired) electrons. The van der Waals surface area contributed by atoms with Gasteiger partial charge in [-0.05, 0) is 48.4 Å². The van der Waals surface area contributed by atoms with E-state index in [4.69, 9.17) is 0 Å². The first-order valence-corrected chi connectivity index (χ1v) is 7.29. The number of hydrogen-bond acceptors (Lipinski definition) is 2. The molecule has 1 fully saturated rings. The van der Waals surface area contributed by atoms with Crippen molar-refractivity contribution in [3.8, 4) is 0 Å². The molecular weight excluding hydrogens is 236 g/mol. The fourth-order valence-corrected chi connectivity index (χ4v) is 3.45. The number of carbonyl (C=O) groups excluding carboxylic acids is 1. The Hall–Kier alpha value is -1.51. The van der Waals surface area contributed by atoms with Gasteiger partial charge in [0.25, 0.3) is 5.91 Å². The van der Waals surface area contributed by atoms with Crippen molar-refractivity contribution in [1.82, 2.24) is 4.90 Å². The van der Waals surface area contributed by atoms with Gasteiger partial charge >= 0.3 is 0 Å². The maximum Gasteiger partial charge on any atom is 0.253 e. The SMILES string of the molecule is CC1CC(C)CN(C(=O)c2ccc3c(c2)CCN3)C1. The summed E-state index contributed by atoms with van der Waals surface area (Å²) in [7, 11) is 0. The lowest BCUT2D eigenvalue weighted by atomic mass is 9.91. The molecular formula is C16H22N2O. The summed E-state index contributed by atoms with van der Waals surface area (Å²) in [5, 5.41) is 3.33. The van der Waals surface area contributed by atoms with Gasteiger partial charge in [-0.25, -0.2) is 0 Å². The predicted octanol–water partition coefficient (Wildman–Crippen LogP) is 2.77. The highest BCUT2D eigenvalue weighted by molar-refractivity contribution is 5.95. The van der Waals surface area contributed by atoms with Gasteiger partial charge in [0.1, 0.15) is 0 Å². The second-order valence-corrected chi connectivity index (χ2v) is 6.20. The second kappa shape index (κ2) is 4.87. The molecule has 102 valence electrons. The van der Waals surface area contributed by atoms with Crippen LogP contribution in [0.25, 0.3) is 0 Å². The van der Waals surface area contributed by atoms with Crippen LogP contribution in [0.2, 0.25) is 0 Å². The maximum atomic E-state index is 12.6. The zero-order valence-corrected chi connectivity index (χ0v) is 11.8. The Kier molecular flexibility index (Phi) is 3.21. The lowest BCUT2D eigenvalue weighted by molar-refractivity contribution is 0.0623. The number of hydrogen-bond donors (Lipinski definition) is 1. The Morgan fingerprint density at radius 1 is 1.26 bits per heavy atom. The minimum atomic E-state index is 0.202. The molecule has 0 bridgehead atoms. The van der Waals surface area contributed by atoms with Crippen molar-refractivity contribution in [3.05, 3.63) is 29.3 Å². The summed E-state index contributed by atoms with van der Waals surface area (Å²) in [6, 6.07) is 6.08. The van der Waals surface area contributed by atoms with E-state index in [-0.39, 0.29) is 5.91 Å². The molecule has 1 aromatic rings. The van der Waals surface area contributed by atoms with Gasteiger partial charge < -0.3 is 10.2 Å². The Morgan fingerprint density at radius 3 is 2.74 bits per heavy atom. The zero-order valence-electron chi connectivity index (χ0n) is 11.8. The van der Waals surface area contributed by atoms with Crippen LogP contribution in [0.1, 0.15) is 36.2 Å². The first-order valence-electron chi connectivity index (χ1n) is 7.29. The van der Waals surface area contributed by atoms with Gasteiger partial charge in [0.05, 0.1) is 0 Å². The Morgan fingerprint density at radius 2 is 2.00 bits per heavy atom. The lowest BCUT2D eigenvalue weighted by Gasteiger charge is -2.35. The molecule has 1 amide bonds. The number of benzene rings is 1. The van der Waals surface area contributed by atoms with Crippen molar-refractivity contribution in [1.29, 1.82) is 0 Å². The average molecular weight is 258 g/mol. The van der Waals surface area contributed by atoms with Crippen molar-refractivity contribution in [3.63, 3.8) is 0 Å². The van der Waals surface area contributed by atoms with E-state index in [1.54, 1.807) is 0 Å². The van der Waals surface area contributed by atoms with E-state index in [0.29, 0.717) is 11.8 Å². The van der Waals surface area contributed by atoms with E-state index >= 15 is 0 Å². The first-order chi connectivity index (χ1) is 9.13. The van der Waals surface area contributed by atoms with Crippen LogP contribution in [0.5, 0.6) is 0 Å². The van der Waals surface area contributed by atoms with E-state index in [0.717, 1.165) is 31.6 Å². The highest BCUT2D eigenvalue weighted by Gasteiger charge is 2.26. The van der Waals surface area contributed by atoms with Crippen molar-refractivity contribution < 1.29 is 4.79 Å². The quantitative estimate of drug-likeness (QED) is 0.840. The average Bonchev–Trinajstić information content (AvgIpc) is 2.83. The molecule has 3 rings (SSSR count). The zero-order chi connectivity index (χ0) is 13.4. The summed E-state index contributed by atoms with van der Waals surface area (Å²) < 4.78 is 0. The summed E-state index contributed by atoms with van der Waals surface area (Å²) in [5.41, 5.74) is 3.32. The standard InChI is InChI=1S/C16H22N2O/c1-11-7-12(2)10-18(9-11)16(19)14-3-4-15-13(8-14)5-6-17-15/h3-4,8,11-12,17H,5-7,9-10H2,1-2H3. The highest BCUT2D eigenvalue weighted by Crippen LogP contribution is 2.26. The van der Waals surface area contributed by atoms with Crippen molar-refractivity contribution in [2.24, 2.45) is 11.8 Å². The van der Waals surface area contributed by atoms with Gasteiger partial charge in [0.2, 0.25) is 0 Å². The Bertz CT molecular complexity index is 488. The van der Waals surface area contributed by atoms with Crippen LogP contribution in [-0.4, -0.2) is 30.4 Å². The molecule has 2 aliphatic heterocycles. The summed E-state index contributed by atoms with van der Waals surface area (Å²) in [6.45, 7) is 7.27. The van der Waals surface area contributed by atoms with Crippen LogP contribution in [0.4, 0.5) is 5.69 Å². The van der Waals surface area contributed by atoms with Gasteiger partial charge in [-0.2, -0.15) is 0 Å². The topological polar surface area (TPSA) is 32.3 Å². The van der Waals surface area contributed by atoms with Crippen LogP contribution in [-0.2, 0) is 6.42 Å². The van der Waals surface area contributed by atoms with E-state index in [1.807, 2.05) is 17.0 Å². The van der Waals surface area contributed by atoms with E-state index in [9.17, 15) is 4.79 Å². The number of nitrogens with one attached hydrogen (secondary N) is 1. The molecule has 3 heteroatoms. The number of anilines is 1. The number of piperidine rings is 1. The fraction of sp³-hybridized carbons (Fsp3) is 0.562.